The van der Waals surface area contributed by atoms with Gasteiger partial charge in [-0.05, 0) is 31.5 Å². The Bertz CT molecular complexity index is 1010. The smallest absolute Gasteiger partial charge is 0.281 e. The van der Waals surface area contributed by atoms with E-state index in [9.17, 15) is 14.0 Å². The van der Waals surface area contributed by atoms with Crippen molar-refractivity contribution in [2.75, 3.05) is 0 Å². The quantitative estimate of drug-likeness (QED) is 0.607. The van der Waals surface area contributed by atoms with Crippen LogP contribution in [0.25, 0.3) is 0 Å². The van der Waals surface area contributed by atoms with Gasteiger partial charge in [-0.3, -0.25) is 20.4 Å². The maximum atomic E-state index is 13.6. The first kappa shape index (κ1) is 20.5. The van der Waals surface area contributed by atoms with Crippen LogP contribution in [0.1, 0.15) is 32.9 Å². The summed E-state index contributed by atoms with van der Waals surface area (Å²) in [6.45, 7) is 3.20. The summed E-state index contributed by atoms with van der Waals surface area (Å²) in [7, 11) is 0. The molecule has 0 bridgehead atoms. The van der Waals surface area contributed by atoms with Gasteiger partial charge in [-0.1, -0.05) is 42.5 Å². The van der Waals surface area contributed by atoms with E-state index < -0.39 is 23.7 Å². The van der Waals surface area contributed by atoms with Gasteiger partial charge in [-0.2, -0.15) is 0 Å². The Morgan fingerprint density at radius 2 is 1.79 bits per heavy atom. The molecule has 2 N–H and O–H groups in total. The summed E-state index contributed by atoms with van der Waals surface area (Å²) >= 11 is 1.27. The third kappa shape index (κ3) is 5.39. The topological polar surface area (TPSA) is 80.3 Å². The van der Waals surface area contributed by atoms with Crippen LogP contribution in [0.3, 0.4) is 0 Å². The zero-order valence-electron chi connectivity index (χ0n) is 15.9. The van der Waals surface area contributed by atoms with Crippen LogP contribution in [0, 0.1) is 12.7 Å². The van der Waals surface area contributed by atoms with Crippen molar-refractivity contribution in [1.29, 1.82) is 0 Å². The Morgan fingerprint density at radius 3 is 2.52 bits per heavy atom. The van der Waals surface area contributed by atoms with Gasteiger partial charge in [0.05, 0.1) is 10.7 Å². The molecule has 0 aliphatic heterocycles. The molecule has 6 nitrogen and oxygen atoms in total. The molecular weight excluding hydrogens is 393 g/mol. The number of nitrogens with zero attached hydrogens (tertiary/aromatic N) is 1. The number of hydrogen-bond acceptors (Lipinski definition) is 5. The molecule has 0 saturated heterocycles. The number of amides is 2. The summed E-state index contributed by atoms with van der Waals surface area (Å²) in [5.74, 6) is -1.67. The van der Waals surface area contributed by atoms with Crippen molar-refractivity contribution in [3.05, 3.63) is 81.6 Å². The lowest BCUT2D eigenvalue weighted by molar-refractivity contribution is -0.128. The van der Waals surface area contributed by atoms with Crippen LogP contribution in [0.4, 0.5) is 4.39 Å². The maximum absolute atomic E-state index is 13.6. The molecule has 29 heavy (non-hydrogen) atoms. The minimum atomic E-state index is -0.997. The van der Waals surface area contributed by atoms with E-state index in [2.05, 4.69) is 15.8 Å². The van der Waals surface area contributed by atoms with Crippen molar-refractivity contribution in [3.8, 4) is 5.75 Å². The number of ether oxygens (including phenoxy) is 1. The number of aryl methyl sites for hydroxylation is 1. The summed E-state index contributed by atoms with van der Waals surface area (Å²) in [6, 6.07) is 15.6. The molecule has 2 aromatic carbocycles. The number of rotatable bonds is 6. The zero-order valence-corrected chi connectivity index (χ0v) is 16.8. The highest BCUT2D eigenvalue weighted by molar-refractivity contribution is 7.13. The fourth-order valence-corrected chi connectivity index (χ4v) is 3.56. The highest BCUT2D eigenvalue weighted by Crippen LogP contribution is 2.21. The Balaban J connectivity index is 1.56. The number of thiazole rings is 1. The third-order valence-corrected chi connectivity index (χ3v) is 5.21. The lowest BCUT2D eigenvalue weighted by Gasteiger charge is -2.15. The van der Waals surface area contributed by atoms with Crippen LogP contribution in [-0.4, -0.2) is 22.9 Å². The second kappa shape index (κ2) is 9.29. The number of nitrogens with one attached hydrogen (secondary N) is 2. The number of hydrogen-bond donors (Lipinski definition) is 2. The number of carbonyl (C=O) groups excluding carboxylic acids is 2. The first-order valence-corrected chi connectivity index (χ1v) is 9.77. The molecule has 1 atom stereocenters. The average molecular weight is 413 g/mol. The van der Waals surface area contributed by atoms with E-state index in [4.69, 9.17) is 4.74 Å². The van der Waals surface area contributed by atoms with Crippen molar-refractivity contribution in [1.82, 2.24) is 15.8 Å². The van der Waals surface area contributed by atoms with Crippen LogP contribution in [0.2, 0.25) is 0 Å². The van der Waals surface area contributed by atoms with Gasteiger partial charge in [0, 0.05) is 6.42 Å². The van der Waals surface area contributed by atoms with Crippen LogP contribution in [0.15, 0.2) is 54.6 Å². The van der Waals surface area contributed by atoms with E-state index in [0.29, 0.717) is 17.0 Å². The number of benzene rings is 2. The van der Waals surface area contributed by atoms with Gasteiger partial charge >= 0.3 is 0 Å². The summed E-state index contributed by atoms with van der Waals surface area (Å²) in [5.41, 5.74) is 6.34. The van der Waals surface area contributed by atoms with Gasteiger partial charge in [0.1, 0.15) is 4.88 Å². The van der Waals surface area contributed by atoms with Crippen LogP contribution >= 0.6 is 11.3 Å². The highest BCUT2D eigenvalue weighted by Gasteiger charge is 2.20. The van der Waals surface area contributed by atoms with Crippen molar-refractivity contribution in [3.63, 3.8) is 0 Å². The monoisotopic (exact) mass is 413 g/mol. The van der Waals surface area contributed by atoms with Gasteiger partial charge in [-0.25, -0.2) is 9.37 Å². The molecule has 0 spiro atoms. The van der Waals surface area contributed by atoms with Gasteiger partial charge in [0.15, 0.2) is 17.7 Å². The number of para-hydroxylation sites is 1. The molecule has 150 valence electrons. The first-order valence-electron chi connectivity index (χ1n) is 8.95. The SMILES string of the molecule is Cc1nc(Cc2ccccc2)sc1C(=O)NNC(=O)C(C)Oc1ccccc1F. The molecule has 0 radical (unpaired) electrons. The minimum Gasteiger partial charge on any atom is -0.478 e. The van der Waals surface area contributed by atoms with E-state index in [1.165, 1.54) is 36.5 Å². The molecule has 3 aromatic rings. The normalized spacial score (nSPS) is 11.6. The predicted molar refractivity (Wildman–Crippen MR) is 108 cm³/mol. The van der Waals surface area contributed by atoms with E-state index in [1.54, 1.807) is 13.0 Å². The Labute approximate surface area is 171 Å². The summed E-state index contributed by atoms with van der Waals surface area (Å²) in [6.07, 6.45) is -0.372. The molecule has 3 rings (SSSR count). The molecule has 0 saturated carbocycles. The molecule has 0 fully saturated rings. The van der Waals surface area contributed by atoms with E-state index in [-0.39, 0.29) is 5.75 Å². The first-order chi connectivity index (χ1) is 13.9. The predicted octanol–water partition coefficient (Wildman–Crippen LogP) is 3.41. The summed E-state index contributed by atoms with van der Waals surface area (Å²) < 4.78 is 18.9. The standard InChI is InChI=1S/C21H20FN3O3S/c1-13-19(29-18(23-13)12-15-8-4-3-5-9-15)21(27)25-24-20(26)14(2)28-17-11-7-6-10-16(17)22/h3-11,14H,12H2,1-2H3,(H,24,26)(H,25,27). The summed E-state index contributed by atoms with van der Waals surface area (Å²) in [4.78, 5) is 29.4. The molecule has 1 heterocycles. The molecular formula is C21H20FN3O3S. The second-order valence-electron chi connectivity index (χ2n) is 6.32. The van der Waals surface area contributed by atoms with Gasteiger partial charge in [0.25, 0.3) is 11.8 Å². The second-order valence-corrected chi connectivity index (χ2v) is 7.40. The molecule has 0 aliphatic carbocycles. The molecule has 8 heteroatoms. The fraction of sp³-hybridized carbons (Fsp3) is 0.190. The van der Waals surface area contributed by atoms with Gasteiger partial charge in [-0.15, -0.1) is 11.3 Å². The molecule has 1 aromatic heterocycles. The van der Waals surface area contributed by atoms with E-state index in [0.717, 1.165) is 10.6 Å². The highest BCUT2D eigenvalue weighted by atomic mass is 32.1. The van der Waals surface area contributed by atoms with Crippen molar-refractivity contribution in [2.24, 2.45) is 0 Å². The Kier molecular flexibility index (Phi) is 6.56. The Morgan fingerprint density at radius 1 is 1.10 bits per heavy atom. The average Bonchev–Trinajstić information content (AvgIpc) is 3.08. The minimum absolute atomic E-state index is 0.0367. The molecule has 0 aliphatic rings. The largest absolute Gasteiger partial charge is 0.478 e. The maximum Gasteiger partial charge on any atom is 0.281 e. The molecule has 1 unspecified atom stereocenters. The zero-order chi connectivity index (χ0) is 20.8. The van der Waals surface area contributed by atoms with E-state index >= 15 is 0 Å². The van der Waals surface area contributed by atoms with Crippen molar-refractivity contribution >= 4 is 23.2 Å². The summed E-state index contributed by atoms with van der Waals surface area (Å²) in [5, 5.41) is 0.807. The van der Waals surface area contributed by atoms with Crippen molar-refractivity contribution < 1.29 is 18.7 Å². The number of carbonyl (C=O) groups is 2. The van der Waals surface area contributed by atoms with Crippen molar-refractivity contribution in [2.45, 2.75) is 26.4 Å². The van der Waals surface area contributed by atoms with Crippen LogP contribution in [0.5, 0.6) is 5.75 Å². The number of halogens is 1. The third-order valence-electron chi connectivity index (χ3n) is 4.05. The van der Waals surface area contributed by atoms with Crippen LogP contribution < -0.4 is 15.6 Å². The van der Waals surface area contributed by atoms with E-state index in [1.807, 2.05) is 30.3 Å². The van der Waals surface area contributed by atoms with Crippen LogP contribution in [-0.2, 0) is 11.2 Å². The Hall–Kier alpha value is -3.26. The van der Waals surface area contributed by atoms with Gasteiger partial charge < -0.3 is 4.74 Å². The molecule has 2 amide bonds. The lowest BCUT2D eigenvalue weighted by Crippen LogP contribution is -2.47. The van der Waals surface area contributed by atoms with Gasteiger partial charge in [0.2, 0.25) is 0 Å². The fourth-order valence-electron chi connectivity index (χ4n) is 2.57. The lowest BCUT2D eigenvalue weighted by atomic mass is 10.2. The number of hydrazine groups is 1. The number of aromatic nitrogens is 1.